The SMILES string of the molecule is C=C(Br)CNc1ccc([N+](=O)[O-])c2cnc(C)cc12. The summed E-state index contributed by atoms with van der Waals surface area (Å²) >= 11 is 3.27. The second-order valence-electron chi connectivity index (χ2n) is 4.13. The van der Waals surface area contributed by atoms with Crippen LogP contribution in [0.25, 0.3) is 10.8 Å². The second kappa shape index (κ2) is 5.36. The van der Waals surface area contributed by atoms with Gasteiger partial charge in [-0.05, 0) is 19.1 Å². The number of non-ortho nitro benzene ring substituents is 1. The number of nitro groups is 1. The van der Waals surface area contributed by atoms with E-state index in [0.29, 0.717) is 11.9 Å². The molecule has 1 N–H and O–H groups in total. The van der Waals surface area contributed by atoms with Crippen LogP contribution in [-0.2, 0) is 0 Å². The number of anilines is 1. The lowest BCUT2D eigenvalue weighted by Crippen LogP contribution is -2.02. The fourth-order valence-electron chi connectivity index (χ4n) is 1.83. The quantitative estimate of drug-likeness (QED) is 0.687. The van der Waals surface area contributed by atoms with Crippen LogP contribution in [0.3, 0.4) is 0 Å². The van der Waals surface area contributed by atoms with Gasteiger partial charge in [0.2, 0.25) is 0 Å². The first-order valence-electron chi connectivity index (χ1n) is 5.60. The normalized spacial score (nSPS) is 10.4. The summed E-state index contributed by atoms with van der Waals surface area (Å²) in [6, 6.07) is 5.02. The Labute approximate surface area is 118 Å². The van der Waals surface area contributed by atoms with E-state index in [0.717, 1.165) is 21.2 Å². The number of hydrogen-bond acceptors (Lipinski definition) is 4. The van der Waals surface area contributed by atoms with Crippen LogP contribution in [0.5, 0.6) is 0 Å². The molecule has 0 bridgehead atoms. The topological polar surface area (TPSA) is 68.1 Å². The zero-order chi connectivity index (χ0) is 14.0. The van der Waals surface area contributed by atoms with Crippen molar-refractivity contribution in [3.63, 3.8) is 0 Å². The van der Waals surface area contributed by atoms with Crippen molar-refractivity contribution in [2.24, 2.45) is 0 Å². The smallest absolute Gasteiger partial charge is 0.278 e. The minimum atomic E-state index is -0.396. The van der Waals surface area contributed by atoms with E-state index in [1.54, 1.807) is 6.07 Å². The molecule has 0 radical (unpaired) electrons. The minimum absolute atomic E-state index is 0.0609. The molecule has 6 heteroatoms. The zero-order valence-corrected chi connectivity index (χ0v) is 11.9. The summed E-state index contributed by atoms with van der Waals surface area (Å²) in [6.45, 7) is 6.15. The molecule has 0 unspecified atom stereocenters. The van der Waals surface area contributed by atoms with Gasteiger partial charge >= 0.3 is 0 Å². The highest BCUT2D eigenvalue weighted by Crippen LogP contribution is 2.31. The molecule has 0 atom stereocenters. The molecule has 2 rings (SSSR count). The number of aryl methyl sites for hydroxylation is 1. The molecule has 0 aliphatic rings. The molecular formula is C13H12BrN3O2. The predicted octanol–water partition coefficient (Wildman–Crippen LogP) is 3.77. The summed E-state index contributed by atoms with van der Waals surface area (Å²) in [5.41, 5.74) is 1.70. The van der Waals surface area contributed by atoms with E-state index in [-0.39, 0.29) is 5.69 Å². The Balaban J connectivity index is 2.60. The summed E-state index contributed by atoms with van der Waals surface area (Å²) in [6.07, 6.45) is 1.54. The highest BCUT2D eigenvalue weighted by atomic mass is 79.9. The number of hydrogen-bond donors (Lipinski definition) is 1. The Morgan fingerprint density at radius 2 is 2.26 bits per heavy atom. The molecular weight excluding hydrogens is 310 g/mol. The molecule has 19 heavy (non-hydrogen) atoms. The van der Waals surface area contributed by atoms with Crippen molar-refractivity contribution in [2.75, 3.05) is 11.9 Å². The van der Waals surface area contributed by atoms with Gasteiger partial charge < -0.3 is 5.32 Å². The Hall–Kier alpha value is -1.95. The van der Waals surface area contributed by atoms with Gasteiger partial charge in [0.25, 0.3) is 5.69 Å². The predicted molar refractivity (Wildman–Crippen MR) is 79.7 cm³/mol. The van der Waals surface area contributed by atoms with Gasteiger partial charge in [0.15, 0.2) is 0 Å². The summed E-state index contributed by atoms with van der Waals surface area (Å²) in [4.78, 5) is 14.7. The van der Waals surface area contributed by atoms with Crippen molar-refractivity contribution >= 4 is 38.1 Å². The third-order valence-electron chi connectivity index (χ3n) is 2.68. The molecule has 0 fully saturated rings. The van der Waals surface area contributed by atoms with E-state index in [2.05, 4.69) is 32.8 Å². The number of nitro benzene ring substituents is 1. The number of pyridine rings is 1. The molecule has 2 aromatic rings. The zero-order valence-electron chi connectivity index (χ0n) is 10.3. The van der Waals surface area contributed by atoms with Gasteiger partial charge in [-0.2, -0.15) is 0 Å². The number of benzene rings is 1. The molecule has 0 amide bonds. The molecule has 0 spiro atoms. The molecule has 0 aliphatic carbocycles. The van der Waals surface area contributed by atoms with Crippen molar-refractivity contribution in [3.05, 3.63) is 51.3 Å². The minimum Gasteiger partial charge on any atom is -0.380 e. The number of halogens is 1. The van der Waals surface area contributed by atoms with Crippen molar-refractivity contribution in [1.82, 2.24) is 4.98 Å². The Bertz CT molecular complexity index is 670. The standard InChI is InChI=1S/C13H12BrN3O2/c1-8(14)6-16-12-3-4-13(17(18)19)11-7-15-9(2)5-10(11)12/h3-5,7,16H,1,6H2,2H3. The number of nitrogens with zero attached hydrogens (tertiary/aromatic N) is 2. The molecule has 5 nitrogen and oxygen atoms in total. The van der Waals surface area contributed by atoms with E-state index in [9.17, 15) is 10.1 Å². The number of rotatable bonds is 4. The highest BCUT2D eigenvalue weighted by Gasteiger charge is 2.14. The molecule has 1 aromatic carbocycles. The number of aromatic nitrogens is 1. The van der Waals surface area contributed by atoms with Gasteiger partial charge in [0, 0.05) is 40.1 Å². The number of fused-ring (bicyclic) bond motifs is 1. The van der Waals surface area contributed by atoms with Crippen LogP contribution in [0.1, 0.15) is 5.69 Å². The van der Waals surface area contributed by atoms with E-state index in [1.807, 2.05) is 13.0 Å². The average molecular weight is 322 g/mol. The lowest BCUT2D eigenvalue weighted by molar-refractivity contribution is -0.383. The summed E-state index contributed by atoms with van der Waals surface area (Å²) in [7, 11) is 0. The first-order valence-corrected chi connectivity index (χ1v) is 6.39. The van der Waals surface area contributed by atoms with E-state index in [4.69, 9.17) is 0 Å². The lowest BCUT2D eigenvalue weighted by atomic mass is 10.1. The maximum Gasteiger partial charge on any atom is 0.278 e. The first kappa shape index (κ1) is 13.5. The van der Waals surface area contributed by atoms with Gasteiger partial charge in [0.1, 0.15) is 0 Å². The van der Waals surface area contributed by atoms with Crippen molar-refractivity contribution in [2.45, 2.75) is 6.92 Å². The average Bonchev–Trinajstić information content (AvgIpc) is 2.35. The summed E-state index contributed by atoms with van der Waals surface area (Å²) in [5.74, 6) is 0. The largest absolute Gasteiger partial charge is 0.380 e. The van der Waals surface area contributed by atoms with E-state index < -0.39 is 4.92 Å². The Kier molecular flexibility index (Phi) is 3.80. The van der Waals surface area contributed by atoms with Gasteiger partial charge in [-0.15, -0.1) is 0 Å². The molecule has 1 aromatic heterocycles. The van der Waals surface area contributed by atoms with Crippen molar-refractivity contribution in [3.8, 4) is 0 Å². The third-order valence-corrected chi connectivity index (χ3v) is 2.96. The van der Waals surface area contributed by atoms with Crippen molar-refractivity contribution in [1.29, 1.82) is 0 Å². The maximum atomic E-state index is 11.0. The van der Waals surface area contributed by atoms with Crippen molar-refractivity contribution < 1.29 is 4.92 Å². The lowest BCUT2D eigenvalue weighted by Gasteiger charge is -2.10. The third kappa shape index (κ3) is 2.90. The highest BCUT2D eigenvalue weighted by molar-refractivity contribution is 9.11. The van der Waals surface area contributed by atoms with E-state index >= 15 is 0 Å². The number of nitrogens with one attached hydrogen (secondary N) is 1. The molecule has 0 saturated carbocycles. The van der Waals surface area contributed by atoms with Crippen LogP contribution in [0.2, 0.25) is 0 Å². The van der Waals surface area contributed by atoms with Crippen LogP contribution in [0, 0.1) is 17.0 Å². The fraction of sp³-hybridized carbons (Fsp3) is 0.154. The van der Waals surface area contributed by atoms with Gasteiger partial charge in [-0.25, -0.2) is 0 Å². The van der Waals surface area contributed by atoms with Crippen LogP contribution < -0.4 is 5.32 Å². The first-order chi connectivity index (χ1) is 8.99. The maximum absolute atomic E-state index is 11.0. The summed E-state index contributed by atoms with van der Waals surface area (Å²) in [5, 5.41) is 15.5. The van der Waals surface area contributed by atoms with Crippen LogP contribution in [0.4, 0.5) is 11.4 Å². The van der Waals surface area contributed by atoms with Crippen LogP contribution >= 0.6 is 15.9 Å². The molecule has 0 aliphatic heterocycles. The van der Waals surface area contributed by atoms with Crippen LogP contribution in [-0.4, -0.2) is 16.5 Å². The fourth-order valence-corrected chi connectivity index (χ4v) is 1.97. The summed E-state index contributed by atoms with van der Waals surface area (Å²) < 4.78 is 0.810. The van der Waals surface area contributed by atoms with Gasteiger partial charge in [-0.3, -0.25) is 15.1 Å². The molecule has 98 valence electrons. The Morgan fingerprint density at radius 1 is 1.53 bits per heavy atom. The Morgan fingerprint density at radius 3 is 2.89 bits per heavy atom. The molecule has 0 saturated heterocycles. The van der Waals surface area contributed by atoms with Gasteiger partial charge in [0.05, 0.1) is 10.3 Å². The van der Waals surface area contributed by atoms with Crippen LogP contribution in [0.15, 0.2) is 35.5 Å². The second-order valence-corrected chi connectivity index (χ2v) is 5.25. The van der Waals surface area contributed by atoms with E-state index in [1.165, 1.54) is 12.3 Å². The monoisotopic (exact) mass is 321 g/mol. The van der Waals surface area contributed by atoms with Gasteiger partial charge in [-0.1, -0.05) is 22.5 Å². The molecule has 1 heterocycles.